The molecular weight excluding hydrogens is 229 g/mol. The zero-order chi connectivity index (χ0) is 12.7. The van der Waals surface area contributed by atoms with E-state index in [1.54, 1.807) is 6.07 Å². The largest absolute Gasteiger partial charge is 0.350 e. The van der Waals surface area contributed by atoms with Gasteiger partial charge in [-0.3, -0.25) is 4.79 Å². The molecule has 0 atom stereocenters. The van der Waals surface area contributed by atoms with Gasteiger partial charge in [-0.1, -0.05) is 0 Å². The molecule has 1 aromatic heterocycles. The molecule has 1 heterocycles. The Kier molecular flexibility index (Phi) is 2.69. The minimum Gasteiger partial charge on any atom is -0.350 e. The third-order valence-corrected chi connectivity index (χ3v) is 3.97. The summed E-state index contributed by atoms with van der Waals surface area (Å²) in [5, 5.41) is 0.997. The molecule has 0 aliphatic heterocycles. The highest BCUT2D eigenvalue weighted by Gasteiger charge is 2.23. The predicted molar refractivity (Wildman–Crippen MR) is 69.1 cm³/mol. The molecule has 0 saturated heterocycles. The lowest BCUT2D eigenvalue weighted by Crippen LogP contribution is -2.12. The van der Waals surface area contributed by atoms with Crippen molar-refractivity contribution in [2.75, 3.05) is 0 Å². The number of halogens is 1. The average Bonchev–Trinajstić information content (AvgIpc) is 2.67. The number of rotatable bonds is 1. The van der Waals surface area contributed by atoms with Crippen LogP contribution in [0.2, 0.25) is 0 Å². The van der Waals surface area contributed by atoms with Crippen LogP contribution in [-0.2, 0) is 11.8 Å². The van der Waals surface area contributed by atoms with Gasteiger partial charge in [0.1, 0.15) is 11.6 Å². The minimum absolute atomic E-state index is 0.193. The van der Waals surface area contributed by atoms with Crippen molar-refractivity contribution in [1.29, 1.82) is 0 Å². The van der Waals surface area contributed by atoms with Gasteiger partial charge in [0.25, 0.3) is 0 Å². The molecule has 3 heteroatoms. The normalized spacial score (nSPS) is 17.6. The lowest BCUT2D eigenvalue weighted by Gasteiger charge is -2.20. The van der Waals surface area contributed by atoms with Crippen LogP contribution in [0.5, 0.6) is 0 Å². The van der Waals surface area contributed by atoms with Crippen LogP contribution in [0.1, 0.15) is 37.2 Å². The van der Waals surface area contributed by atoms with Gasteiger partial charge in [0.05, 0.1) is 0 Å². The highest BCUT2D eigenvalue weighted by atomic mass is 19.1. The summed E-state index contributed by atoms with van der Waals surface area (Å²) in [6, 6.07) is 4.93. The predicted octanol–water partition coefficient (Wildman–Crippen LogP) is 3.54. The Balaban J connectivity index is 2.06. The Labute approximate surface area is 105 Å². The number of carbonyl (C=O) groups excluding carboxylic acids is 1. The number of nitrogens with zero attached hydrogens (tertiary/aromatic N) is 1. The Morgan fingerprint density at radius 2 is 2.00 bits per heavy atom. The minimum atomic E-state index is -0.193. The molecule has 2 nitrogen and oxygen atoms in total. The van der Waals surface area contributed by atoms with E-state index in [0.29, 0.717) is 24.5 Å². The molecule has 94 valence electrons. The third-order valence-electron chi connectivity index (χ3n) is 3.97. The molecule has 0 N–H and O–H groups in total. The van der Waals surface area contributed by atoms with Crippen LogP contribution in [0.3, 0.4) is 0 Å². The zero-order valence-electron chi connectivity index (χ0n) is 10.4. The first-order valence-corrected chi connectivity index (χ1v) is 6.41. The van der Waals surface area contributed by atoms with E-state index < -0.39 is 0 Å². The molecule has 1 aliphatic rings. The van der Waals surface area contributed by atoms with Gasteiger partial charge < -0.3 is 4.57 Å². The molecule has 2 aromatic rings. The van der Waals surface area contributed by atoms with Crippen molar-refractivity contribution < 1.29 is 9.18 Å². The van der Waals surface area contributed by atoms with Gasteiger partial charge in [-0.05, 0) is 42.5 Å². The topological polar surface area (TPSA) is 22.0 Å². The fourth-order valence-corrected chi connectivity index (χ4v) is 2.97. The van der Waals surface area contributed by atoms with Crippen molar-refractivity contribution >= 4 is 16.7 Å². The summed E-state index contributed by atoms with van der Waals surface area (Å²) >= 11 is 0. The summed E-state index contributed by atoms with van der Waals surface area (Å²) in [6.07, 6.45) is 5.21. The van der Waals surface area contributed by atoms with Crippen LogP contribution in [-0.4, -0.2) is 10.4 Å². The Hall–Kier alpha value is -1.64. The van der Waals surface area contributed by atoms with E-state index in [-0.39, 0.29) is 5.82 Å². The number of hydrogen-bond donors (Lipinski definition) is 0. The van der Waals surface area contributed by atoms with Crippen molar-refractivity contribution in [2.45, 2.75) is 31.6 Å². The highest BCUT2D eigenvalue weighted by molar-refractivity contribution is 5.85. The zero-order valence-corrected chi connectivity index (χ0v) is 10.4. The Bertz CT molecular complexity index is 604. The molecule has 1 aliphatic carbocycles. The number of aryl methyl sites for hydroxylation is 1. The molecule has 0 spiro atoms. The molecule has 0 radical (unpaired) electrons. The molecule has 1 saturated carbocycles. The second-order valence-electron chi connectivity index (χ2n) is 5.17. The number of ketones is 1. The molecule has 1 fully saturated rings. The summed E-state index contributed by atoms with van der Waals surface area (Å²) in [5.41, 5.74) is 2.25. The van der Waals surface area contributed by atoms with Gasteiger partial charge >= 0.3 is 0 Å². The number of aromatic nitrogens is 1. The van der Waals surface area contributed by atoms with Crippen molar-refractivity contribution in [1.82, 2.24) is 4.57 Å². The van der Waals surface area contributed by atoms with Gasteiger partial charge in [0.15, 0.2) is 0 Å². The van der Waals surface area contributed by atoms with Crippen LogP contribution in [0.15, 0.2) is 24.4 Å². The van der Waals surface area contributed by atoms with Crippen molar-refractivity contribution in [3.05, 3.63) is 35.8 Å². The molecule has 3 rings (SSSR count). The van der Waals surface area contributed by atoms with Crippen molar-refractivity contribution in [2.24, 2.45) is 7.05 Å². The summed E-state index contributed by atoms with van der Waals surface area (Å²) in [7, 11) is 1.98. The van der Waals surface area contributed by atoms with Gasteiger partial charge in [-0.25, -0.2) is 4.39 Å². The maximum absolute atomic E-state index is 13.4. The van der Waals surface area contributed by atoms with Crippen LogP contribution < -0.4 is 0 Å². The number of carbonyl (C=O) groups is 1. The molecule has 0 bridgehead atoms. The first-order valence-electron chi connectivity index (χ1n) is 6.41. The van der Waals surface area contributed by atoms with E-state index in [2.05, 4.69) is 6.20 Å². The fraction of sp³-hybridized carbons (Fsp3) is 0.400. The second kappa shape index (κ2) is 4.23. The molecule has 18 heavy (non-hydrogen) atoms. The standard InChI is InChI=1S/C15H16FNO/c1-17-9-14(10-2-5-12(18)6-3-10)13-8-11(16)4-7-15(13)17/h4,7-10H,2-3,5-6H2,1H3. The Morgan fingerprint density at radius 3 is 2.72 bits per heavy atom. The smallest absolute Gasteiger partial charge is 0.132 e. The van der Waals surface area contributed by atoms with Gasteiger partial charge in [0.2, 0.25) is 0 Å². The van der Waals surface area contributed by atoms with E-state index in [9.17, 15) is 9.18 Å². The van der Waals surface area contributed by atoms with Crippen LogP contribution in [0.4, 0.5) is 4.39 Å². The van der Waals surface area contributed by atoms with E-state index >= 15 is 0 Å². The first-order chi connectivity index (χ1) is 8.65. The lowest BCUT2D eigenvalue weighted by molar-refractivity contribution is -0.120. The fourth-order valence-electron chi connectivity index (χ4n) is 2.97. The van der Waals surface area contributed by atoms with Crippen LogP contribution in [0, 0.1) is 5.82 Å². The van der Waals surface area contributed by atoms with Crippen LogP contribution in [0.25, 0.3) is 10.9 Å². The second-order valence-corrected chi connectivity index (χ2v) is 5.17. The van der Waals surface area contributed by atoms with Gasteiger partial charge in [-0.15, -0.1) is 0 Å². The average molecular weight is 245 g/mol. The summed E-state index contributed by atoms with van der Waals surface area (Å²) in [4.78, 5) is 11.3. The van der Waals surface area contributed by atoms with Crippen LogP contribution >= 0.6 is 0 Å². The summed E-state index contributed by atoms with van der Waals surface area (Å²) in [5.74, 6) is 0.563. The highest BCUT2D eigenvalue weighted by Crippen LogP contribution is 2.36. The maximum Gasteiger partial charge on any atom is 0.132 e. The van der Waals surface area contributed by atoms with E-state index in [1.807, 2.05) is 17.7 Å². The van der Waals surface area contributed by atoms with Gasteiger partial charge in [-0.2, -0.15) is 0 Å². The van der Waals surface area contributed by atoms with Crippen molar-refractivity contribution in [3.8, 4) is 0 Å². The first kappa shape index (κ1) is 11.5. The molecular formula is C15H16FNO. The van der Waals surface area contributed by atoms with E-state index in [4.69, 9.17) is 0 Å². The SMILES string of the molecule is Cn1cc(C2CCC(=O)CC2)c2cc(F)ccc21. The summed E-state index contributed by atoms with van der Waals surface area (Å²) < 4.78 is 15.4. The lowest BCUT2D eigenvalue weighted by atomic mass is 9.83. The number of hydrogen-bond acceptors (Lipinski definition) is 1. The van der Waals surface area contributed by atoms with Gasteiger partial charge in [0, 0.05) is 37.0 Å². The molecule has 1 aromatic carbocycles. The maximum atomic E-state index is 13.4. The Morgan fingerprint density at radius 1 is 1.28 bits per heavy atom. The monoisotopic (exact) mass is 245 g/mol. The molecule has 0 unspecified atom stereocenters. The third kappa shape index (κ3) is 1.84. The molecule has 0 amide bonds. The summed E-state index contributed by atoms with van der Waals surface area (Å²) in [6.45, 7) is 0. The number of fused-ring (bicyclic) bond motifs is 1. The van der Waals surface area contributed by atoms with E-state index in [1.165, 1.54) is 11.6 Å². The quantitative estimate of drug-likeness (QED) is 0.753. The van der Waals surface area contributed by atoms with E-state index in [0.717, 1.165) is 23.7 Å². The number of Topliss-reactive ketones (excluding diaryl/α,β-unsaturated/α-hetero) is 1. The van der Waals surface area contributed by atoms with Crippen molar-refractivity contribution in [3.63, 3.8) is 0 Å². The number of benzene rings is 1.